The zero-order chi connectivity index (χ0) is 15.2. The van der Waals surface area contributed by atoms with E-state index < -0.39 is 0 Å². The van der Waals surface area contributed by atoms with Gasteiger partial charge in [0.05, 0.1) is 6.54 Å². The van der Waals surface area contributed by atoms with Gasteiger partial charge in [0, 0.05) is 11.3 Å². The molecule has 0 atom stereocenters. The predicted octanol–water partition coefficient (Wildman–Crippen LogP) is 2.78. The Balaban J connectivity index is 1.85. The van der Waals surface area contributed by atoms with Gasteiger partial charge in [-0.15, -0.1) is 0 Å². The average Bonchev–Trinajstić information content (AvgIpc) is 2.94. The molecule has 2 amide bonds. The van der Waals surface area contributed by atoms with E-state index in [0.29, 0.717) is 23.0 Å². The number of amides is 2. The number of carbonyl (C=O) groups excluding carboxylic acids is 2. The minimum absolute atomic E-state index is 0.00753. The Morgan fingerprint density at radius 1 is 1.29 bits per heavy atom. The first-order valence-corrected chi connectivity index (χ1v) is 8.10. The molecule has 0 saturated heterocycles. The summed E-state index contributed by atoms with van der Waals surface area (Å²) >= 11 is 2.73. The molecule has 0 radical (unpaired) electrons. The van der Waals surface area contributed by atoms with Gasteiger partial charge in [-0.2, -0.15) is 4.37 Å². The van der Waals surface area contributed by atoms with Crippen LogP contribution in [0.2, 0.25) is 0 Å². The summed E-state index contributed by atoms with van der Waals surface area (Å²) in [5.41, 5.74) is 1.24. The number of nitrogens with zero attached hydrogens (tertiary/aromatic N) is 2. The summed E-state index contributed by atoms with van der Waals surface area (Å²) in [5, 5.41) is 6.85. The standard InChI is InChI=1S/C13H14N4O2S2/c1-8(18)9-3-5-10(6-4-9)15-12(19)14-7-11-16-13(20-2)17-21-11/h3-6H,7H2,1-2H3,(H2,14,15,19). The van der Waals surface area contributed by atoms with E-state index >= 15 is 0 Å². The fourth-order valence-corrected chi connectivity index (χ4v) is 2.67. The largest absolute Gasteiger partial charge is 0.331 e. The minimum atomic E-state index is -0.327. The lowest BCUT2D eigenvalue weighted by Crippen LogP contribution is -2.28. The fraction of sp³-hybridized carbons (Fsp3) is 0.231. The first-order chi connectivity index (χ1) is 10.1. The van der Waals surface area contributed by atoms with E-state index in [2.05, 4.69) is 20.0 Å². The molecule has 8 heteroatoms. The molecule has 1 aromatic heterocycles. The van der Waals surface area contributed by atoms with Gasteiger partial charge in [0.25, 0.3) is 0 Å². The van der Waals surface area contributed by atoms with Gasteiger partial charge in [0.15, 0.2) is 10.9 Å². The van der Waals surface area contributed by atoms with Crippen molar-refractivity contribution in [1.29, 1.82) is 0 Å². The summed E-state index contributed by atoms with van der Waals surface area (Å²) < 4.78 is 4.11. The van der Waals surface area contributed by atoms with Crippen molar-refractivity contribution in [2.75, 3.05) is 11.6 Å². The van der Waals surface area contributed by atoms with E-state index in [1.807, 2.05) is 6.26 Å². The number of nitrogens with one attached hydrogen (secondary N) is 2. The molecular formula is C13H14N4O2S2. The summed E-state index contributed by atoms with van der Waals surface area (Å²) in [5.74, 6) is -0.00753. The van der Waals surface area contributed by atoms with E-state index in [1.165, 1.54) is 30.2 Å². The van der Waals surface area contributed by atoms with Crippen LogP contribution in [0.4, 0.5) is 10.5 Å². The number of hydrogen-bond acceptors (Lipinski definition) is 6. The van der Waals surface area contributed by atoms with E-state index in [1.54, 1.807) is 24.3 Å². The molecule has 0 fully saturated rings. The first-order valence-electron chi connectivity index (χ1n) is 6.11. The molecule has 21 heavy (non-hydrogen) atoms. The van der Waals surface area contributed by atoms with Crippen LogP contribution in [0.1, 0.15) is 22.3 Å². The maximum atomic E-state index is 11.7. The molecule has 2 rings (SSSR count). The van der Waals surface area contributed by atoms with Gasteiger partial charge in [0.1, 0.15) is 5.01 Å². The highest BCUT2D eigenvalue weighted by atomic mass is 32.2. The number of aromatic nitrogens is 2. The minimum Gasteiger partial charge on any atom is -0.331 e. The normalized spacial score (nSPS) is 10.2. The SMILES string of the molecule is CSc1nsc(CNC(=O)Nc2ccc(C(C)=O)cc2)n1. The van der Waals surface area contributed by atoms with Crippen LogP contribution in [-0.2, 0) is 6.54 Å². The summed E-state index contributed by atoms with van der Waals surface area (Å²) in [7, 11) is 0. The molecule has 2 aromatic rings. The highest BCUT2D eigenvalue weighted by Crippen LogP contribution is 2.13. The number of rotatable bonds is 5. The average molecular weight is 322 g/mol. The molecule has 0 aliphatic carbocycles. The number of thioether (sulfide) groups is 1. The Hall–Kier alpha value is -1.93. The van der Waals surface area contributed by atoms with Gasteiger partial charge in [-0.25, -0.2) is 9.78 Å². The lowest BCUT2D eigenvalue weighted by Gasteiger charge is -2.06. The molecule has 1 heterocycles. The third-order valence-electron chi connectivity index (χ3n) is 2.58. The number of carbonyl (C=O) groups is 2. The van der Waals surface area contributed by atoms with Crippen LogP contribution >= 0.6 is 23.3 Å². The Morgan fingerprint density at radius 3 is 2.57 bits per heavy atom. The van der Waals surface area contributed by atoms with Gasteiger partial charge < -0.3 is 10.6 Å². The topological polar surface area (TPSA) is 84.0 Å². The Morgan fingerprint density at radius 2 is 2.00 bits per heavy atom. The van der Waals surface area contributed by atoms with Crippen molar-refractivity contribution in [1.82, 2.24) is 14.7 Å². The zero-order valence-corrected chi connectivity index (χ0v) is 13.2. The van der Waals surface area contributed by atoms with Crippen molar-refractivity contribution in [3.05, 3.63) is 34.8 Å². The van der Waals surface area contributed by atoms with E-state index in [0.717, 1.165) is 5.01 Å². The molecule has 0 saturated carbocycles. The second kappa shape index (κ2) is 7.19. The van der Waals surface area contributed by atoms with Gasteiger partial charge >= 0.3 is 6.03 Å². The van der Waals surface area contributed by atoms with Crippen LogP contribution in [0.3, 0.4) is 0 Å². The summed E-state index contributed by atoms with van der Waals surface area (Å²) in [6, 6.07) is 6.40. The maximum absolute atomic E-state index is 11.7. The molecule has 0 spiro atoms. The van der Waals surface area contributed by atoms with Gasteiger partial charge in [-0.3, -0.25) is 4.79 Å². The van der Waals surface area contributed by atoms with Crippen molar-refractivity contribution in [3.8, 4) is 0 Å². The van der Waals surface area contributed by atoms with E-state index in [9.17, 15) is 9.59 Å². The third kappa shape index (κ3) is 4.54. The van der Waals surface area contributed by atoms with Gasteiger partial charge in [0.2, 0.25) is 0 Å². The number of benzene rings is 1. The van der Waals surface area contributed by atoms with Crippen molar-refractivity contribution >= 4 is 40.8 Å². The lowest BCUT2D eigenvalue weighted by molar-refractivity contribution is 0.101. The fourth-order valence-electron chi connectivity index (χ4n) is 1.51. The van der Waals surface area contributed by atoms with Crippen LogP contribution in [0, 0.1) is 0 Å². The highest BCUT2D eigenvalue weighted by molar-refractivity contribution is 7.98. The monoisotopic (exact) mass is 322 g/mol. The lowest BCUT2D eigenvalue weighted by atomic mass is 10.1. The summed E-state index contributed by atoms with van der Waals surface area (Å²) in [6.45, 7) is 1.83. The van der Waals surface area contributed by atoms with Gasteiger partial charge in [-0.1, -0.05) is 11.8 Å². The molecule has 0 bridgehead atoms. The van der Waals surface area contributed by atoms with E-state index in [-0.39, 0.29) is 11.8 Å². The summed E-state index contributed by atoms with van der Waals surface area (Å²) in [6.07, 6.45) is 1.90. The number of hydrogen-bond donors (Lipinski definition) is 2. The smallest absolute Gasteiger partial charge is 0.319 e. The van der Waals surface area contributed by atoms with Crippen molar-refractivity contribution in [2.45, 2.75) is 18.6 Å². The third-order valence-corrected chi connectivity index (χ3v) is 3.96. The molecule has 110 valence electrons. The van der Waals surface area contributed by atoms with E-state index in [4.69, 9.17) is 0 Å². The number of urea groups is 1. The number of ketones is 1. The van der Waals surface area contributed by atoms with Crippen molar-refractivity contribution in [3.63, 3.8) is 0 Å². The van der Waals surface area contributed by atoms with Crippen LogP contribution in [0.25, 0.3) is 0 Å². The summed E-state index contributed by atoms with van der Waals surface area (Å²) in [4.78, 5) is 27.1. The van der Waals surface area contributed by atoms with Crippen LogP contribution in [-0.4, -0.2) is 27.4 Å². The predicted molar refractivity (Wildman–Crippen MR) is 84.0 cm³/mol. The zero-order valence-electron chi connectivity index (χ0n) is 11.5. The Bertz CT molecular complexity index is 640. The molecule has 6 nitrogen and oxygen atoms in total. The highest BCUT2D eigenvalue weighted by Gasteiger charge is 2.06. The second-order valence-corrected chi connectivity index (χ2v) is 5.73. The van der Waals surface area contributed by atoms with Crippen LogP contribution in [0.15, 0.2) is 29.4 Å². The number of anilines is 1. The molecule has 0 aliphatic heterocycles. The molecule has 0 unspecified atom stereocenters. The first kappa shape index (κ1) is 15.5. The second-order valence-electron chi connectivity index (χ2n) is 4.12. The Labute approximate surface area is 130 Å². The quantitative estimate of drug-likeness (QED) is 0.653. The van der Waals surface area contributed by atoms with Crippen molar-refractivity contribution in [2.24, 2.45) is 0 Å². The molecule has 0 aliphatic rings. The molecular weight excluding hydrogens is 308 g/mol. The van der Waals surface area contributed by atoms with Crippen LogP contribution in [0.5, 0.6) is 0 Å². The Kier molecular flexibility index (Phi) is 5.29. The maximum Gasteiger partial charge on any atom is 0.319 e. The molecule has 1 aromatic carbocycles. The molecule has 2 N–H and O–H groups in total. The van der Waals surface area contributed by atoms with Gasteiger partial charge in [-0.05, 0) is 49.0 Å². The van der Waals surface area contributed by atoms with Crippen LogP contribution < -0.4 is 10.6 Å². The van der Waals surface area contributed by atoms with Crippen molar-refractivity contribution < 1.29 is 9.59 Å². The number of Topliss-reactive ketones (excluding diaryl/α,β-unsaturated/α-hetero) is 1.